The van der Waals surface area contributed by atoms with Crippen LogP contribution in [-0.2, 0) is 0 Å². The molecule has 15 heavy (non-hydrogen) atoms. The van der Waals surface area contributed by atoms with E-state index in [9.17, 15) is 5.11 Å². The minimum Gasteiger partial charge on any atom is -0.387 e. The van der Waals surface area contributed by atoms with E-state index in [1.807, 2.05) is 0 Å². The first-order valence-corrected chi connectivity index (χ1v) is 6.09. The van der Waals surface area contributed by atoms with Crippen molar-refractivity contribution in [1.82, 2.24) is 4.90 Å². The number of likely N-dealkylation sites (N-methyl/N-ethyl adjacent to an activating group) is 1. The summed E-state index contributed by atoms with van der Waals surface area (Å²) in [5, 5.41) is 10.3. The molecule has 3 N–H and O–H groups in total. The van der Waals surface area contributed by atoms with Crippen molar-refractivity contribution in [3.63, 3.8) is 0 Å². The summed E-state index contributed by atoms with van der Waals surface area (Å²) in [6, 6.07) is 0. The van der Waals surface area contributed by atoms with Gasteiger partial charge in [-0.15, -0.1) is 0 Å². The predicted octanol–water partition coefficient (Wildman–Crippen LogP) is 1.06. The number of hydrogen-bond donors (Lipinski definition) is 2. The first-order chi connectivity index (χ1) is 6.98. The lowest BCUT2D eigenvalue weighted by molar-refractivity contribution is -0.00280. The predicted molar refractivity (Wildman–Crippen MR) is 63.7 cm³/mol. The van der Waals surface area contributed by atoms with Gasteiger partial charge in [-0.25, -0.2) is 0 Å². The van der Waals surface area contributed by atoms with Crippen LogP contribution in [-0.4, -0.2) is 42.3 Å². The zero-order valence-electron chi connectivity index (χ0n) is 10.4. The summed E-state index contributed by atoms with van der Waals surface area (Å²) in [7, 11) is 2.07. The third-order valence-corrected chi connectivity index (χ3v) is 3.32. The third-order valence-electron chi connectivity index (χ3n) is 3.32. The summed E-state index contributed by atoms with van der Waals surface area (Å²) < 4.78 is 0. The van der Waals surface area contributed by atoms with Crippen LogP contribution in [0.3, 0.4) is 0 Å². The number of rotatable bonds is 7. The fourth-order valence-corrected chi connectivity index (χ4v) is 2.01. The summed E-state index contributed by atoms with van der Waals surface area (Å²) in [4.78, 5) is 2.21. The third kappa shape index (κ3) is 4.09. The Morgan fingerprint density at radius 2 is 2.07 bits per heavy atom. The van der Waals surface area contributed by atoms with Crippen LogP contribution in [0, 0.1) is 11.8 Å². The summed E-state index contributed by atoms with van der Waals surface area (Å²) in [6.45, 7) is 6.62. The Kier molecular flexibility index (Phi) is 4.56. The van der Waals surface area contributed by atoms with Gasteiger partial charge in [-0.05, 0) is 44.7 Å². The second-order valence-electron chi connectivity index (χ2n) is 5.50. The van der Waals surface area contributed by atoms with E-state index in [0.29, 0.717) is 12.5 Å². The largest absolute Gasteiger partial charge is 0.387 e. The molecule has 1 fully saturated rings. The number of nitrogens with zero attached hydrogens (tertiary/aromatic N) is 1. The lowest BCUT2D eigenvalue weighted by atomic mass is 9.97. The molecule has 0 amide bonds. The molecule has 1 rings (SSSR count). The highest BCUT2D eigenvalue weighted by atomic mass is 16.3. The Hall–Kier alpha value is -0.120. The first-order valence-electron chi connectivity index (χ1n) is 6.09. The van der Waals surface area contributed by atoms with E-state index in [4.69, 9.17) is 5.73 Å². The second-order valence-corrected chi connectivity index (χ2v) is 5.50. The van der Waals surface area contributed by atoms with Crippen LogP contribution < -0.4 is 5.73 Å². The van der Waals surface area contributed by atoms with Crippen LogP contribution in [0.2, 0.25) is 0 Å². The Morgan fingerprint density at radius 1 is 1.47 bits per heavy atom. The van der Waals surface area contributed by atoms with E-state index in [2.05, 4.69) is 25.8 Å². The fourth-order valence-electron chi connectivity index (χ4n) is 2.01. The van der Waals surface area contributed by atoms with Crippen molar-refractivity contribution in [3.8, 4) is 0 Å². The van der Waals surface area contributed by atoms with Crippen molar-refractivity contribution in [2.45, 2.75) is 38.7 Å². The molecule has 0 radical (unpaired) electrons. The van der Waals surface area contributed by atoms with Gasteiger partial charge < -0.3 is 15.7 Å². The monoisotopic (exact) mass is 214 g/mol. The van der Waals surface area contributed by atoms with Crippen LogP contribution in [0.15, 0.2) is 0 Å². The Bertz CT molecular complexity index is 192. The van der Waals surface area contributed by atoms with Gasteiger partial charge in [-0.3, -0.25) is 0 Å². The van der Waals surface area contributed by atoms with E-state index >= 15 is 0 Å². The van der Waals surface area contributed by atoms with Crippen molar-refractivity contribution >= 4 is 0 Å². The van der Waals surface area contributed by atoms with E-state index in [-0.39, 0.29) is 0 Å². The summed E-state index contributed by atoms with van der Waals surface area (Å²) in [5.74, 6) is 1.17. The minimum atomic E-state index is -0.633. The molecule has 1 aliphatic carbocycles. The Morgan fingerprint density at radius 3 is 2.47 bits per heavy atom. The molecule has 3 nitrogen and oxygen atoms in total. The maximum absolute atomic E-state index is 10.3. The van der Waals surface area contributed by atoms with Gasteiger partial charge in [0, 0.05) is 13.1 Å². The molecule has 1 aliphatic rings. The number of hydrogen-bond acceptors (Lipinski definition) is 3. The van der Waals surface area contributed by atoms with Gasteiger partial charge in [0.1, 0.15) is 0 Å². The highest BCUT2D eigenvalue weighted by molar-refractivity contribution is 4.97. The highest BCUT2D eigenvalue weighted by Gasteiger charge is 2.43. The van der Waals surface area contributed by atoms with Crippen molar-refractivity contribution in [2.24, 2.45) is 17.6 Å². The molecule has 90 valence electrons. The zero-order chi connectivity index (χ0) is 11.5. The average molecular weight is 214 g/mol. The van der Waals surface area contributed by atoms with Gasteiger partial charge >= 0.3 is 0 Å². The molecule has 0 bridgehead atoms. The smallest absolute Gasteiger partial charge is 0.0923 e. The molecule has 0 saturated heterocycles. The van der Waals surface area contributed by atoms with Crippen molar-refractivity contribution in [2.75, 3.05) is 26.7 Å². The maximum atomic E-state index is 10.3. The molecule has 0 aromatic heterocycles. The molecule has 0 aromatic rings. The standard InChI is InChI=1S/C12H26N2O/c1-10(2)6-7-14(3)9-12(15,8-13)11-4-5-11/h10-11,15H,4-9,13H2,1-3H3. The topological polar surface area (TPSA) is 49.5 Å². The lowest BCUT2D eigenvalue weighted by Gasteiger charge is -2.31. The average Bonchev–Trinajstić information content (AvgIpc) is 2.97. The molecule has 0 heterocycles. The molecule has 1 atom stereocenters. The van der Waals surface area contributed by atoms with E-state index < -0.39 is 5.60 Å². The molecular weight excluding hydrogens is 188 g/mol. The molecule has 0 aromatic carbocycles. The van der Waals surface area contributed by atoms with Crippen molar-refractivity contribution in [1.29, 1.82) is 0 Å². The molecule has 1 saturated carbocycles. The van der Waals surface area contributed by atoms with E-state index in [0.717, 1.165) is 31.8 Å². The molecule has 3 heteroatoms. The van der Waals surface area contributed by atoms with Crippen molar-refractivity contribution < 1.29 is 5.11 Å². The van der Waals surface area contributed by atoms with Gasteiger partial charge in [0.15, 0.2) is 0 Å². The van der Waals surface area contributed by atoms with Crippen LogP contribution in [0.25, 0.3) is 0 Å². The Labute approximate surface area is 93.6 Å². The molecule has 0 spiro atoms. The van der Waals surface area contributed by atoms with Crippen molar-refractivity contribution in [3.05, 3.63) is 0 Å². The van der Waals surface area contributed by atoms with Crippen LogP contribution in [0.5, 0.6) is 0 Å². The Balaban J connectivity index is 2.31. The highest BCUT2D eigenvalue weighted by Crippen LogP contribution is 2.39. The van der Waals surface area contributed by atoms with Gasteiger partial charge in [-0.1, -0.05) is 13.8 Å². The van der Waals surface area contributed by atoms with E-state index in [1.165, 1.54) is 6.42 Å². The molecule has 0 aliphatic heterocycles. The number of aliphatic hydroxyl groups is 1. The van der Waals surface area contributed by atoms with Crippen LogP contribution >= 0.6 is 0 Å². The summed E-state index contributed by atoms with van der Waals surface area (Å²) >= 11 is 0. The zero-order valence-corrected chi connectivity index (χ0v) is 10.4. The first kappa shape index (κ1) is 12.9. The lowest BCUT2D eigenvalue weighted by Crippen LogP contribution is -2.49. The SMILES string of the molecule is CC(C)CCN(C)CC(O)(CN)C1CC1. The van der Waals surface area contributed by atoms with Crippen LogP contribution in [0.1, 0.15) is 33.1 Å². The molecule has 1 unspecified atom stereocenters. The van der Waals surface area contributed by atoms with Crippen LogP contribution in [0.4, 0.5) is 0 Å². The molecular formula is C12H26N2O. The van der Waals surface area contributed by atoms with Gasteiger partial charge in [0.05, 0.1) is 5.60 Å². The second kappa shape index (κ2) is 5.28. The normalized spacial score (nSPS) is 21.0. The quantitative estimate of drug-likeness (QED) is 0.666. The fraction of sp³-hybridized carbons (Fsp3) is 1.00. The van der Waals surface area contributed by atoms with Gasteiger partial charge in [0.2, 0.25) is 0 Å². The maximum Gasteiger partial charge on any atom is 0.0923 e. The van der Waals surface area contributed by atoms with Gasteiger partial charge in [0.25, 0.3) is 0 Å². The summed E-state index contributed by atoms with van der Waals surface area (Å²) in [5.41, 5.74) is 5.04. The minimum absolute atomic E-state index is 0.393. The van der Waals surface area contributed by atoms with Gasteiger partial charge in [-0.2, -0.15) is 0 Å². The number of nitrogens with two attached hydrogens (primary N) is 1. The summed E-state index contributed by atoms with van der Waals surface area (Å²) in [6.07, 6.45) is 3.47. The van der Waals surface area contributed by atoms with E-state index in [1.54, 1.807) is 0 Å².